The molecular weight excluding hydrogens is 488 g/mol. The molecule has 0 aromatic heterocycles. The molecule has 0 saturated heterocycles. The minimum absolute atomic E-state index is 0.0419. The molecule has 0 rings (SSSR count). The summed E-state index contributed by atoms with van der Waals surface area (Å²) >= 11 is 0. The summed E-state index contributed by atoms with van der Waals surface area (Å²) in [6.07, 6.45) is 13.1. The van der Waals surface area contributed by atoms with E-state index in [0.717, 1.165) is 77.0 Å². The van der Waals surface area contributed by atoms with Crippen LogP contribution in [-0.2, 0) is 38.1 Å². The van der Waals surface area contributed by atoms with Gasteiger partial charge in [-0.1, -0.05) is 105 Å². The van der Waals surface area contributed by atoms with Gasteiger partial charge in [0.05, 0.1) is 32.8 Å². The fraction of sp³-hybridized carbons (Fsp3) is 0.867. The molecule has 8 heteroatoms. The SMILES string of the molecule is CCCCCCOC(=O)CC(C(=O)OCCCCCC)(C(=O)OCCCCCC)C(=O)OCCCCCC. The van der Waals surface area contributed by atoms with Gasteiger partial charge in [0.2, 0.25) is 0 Å². The third-order valence-electron chi connectivity index (χ3n) is 6.41. The molecule has 8 nitrogen and oxygen atoms in total. The molecule has 0 bridgehead atoms. The van der Waals surface area contributed by atoms with Gasteiger partial charge < -0.3 is 18.9 Å². The van der Waals surface area contributed by atoms with Crippen molar-refractivity contribution in [3.63, 3.8) is 0 Å². The van der Waals surface area contributed by atoms with Gasteiger partial charge in [0.1, 0.15) is 0 Å². The van der Waals surface area contributed by atoms with E-state index < -0.39 is 35.7 Å². The first-order valence-electron chi connectivity index (χ1n) is 15.1. The Hall–Kier alpha value is -2.12. The van der Waals surface area contributed by atoms with Crippen LogP contribution in [0.1, 0.15) is 137 Å². The molecule has 0 saturated carbocycles. The van der Waals surface area contributed by atoms with Crippen molar-refractivity contribution in [1.29, 1.82) is 0 Å². The zero-order chi connectivity index (χ0) is 28.5. The highest BCUT2D eigenvalue weighted by molar-refractivity contribution is 6.19. The monoisotopic (exact) mass is 542 g/mol. The second-order valence-corrected chi connectivity index (χ2v) is 9.95. The van der Waals surface area contributed by atoms with Crippen LogP contribution in [0.3, 0.4) is 0 Å². The Morgan fingerprint density at radius 3 is 1.00 bits per heavy atom. The molecule has 0 amide bonds. The van der Waals surface area contributed by atoms with Crippen LogP contribution in [0.2, 0.25) is 0 Å². The summed E-state index contributed by atoms with van der Waals surface area (Å²) in [6, 6.07) is 0. The van der Waals surface area contributed by atoms with E-state index in [-0.39, 0.29) is 26.4 Å². The molecular formula is C30H54O8. The van der Waals surface area contributed by atoms with Crippen molar-refractivity contribution < 1.29 is 38.1 Å². The van der Waals surface area contributed by atoms with E-state index in [1.807, 2.05) is 0 Å². The van der Waals surface area contributed by atoms with Gasteiger partial charge in [-0.2, -0.15) is 0 Å². The van der Waals surface area contributed by atoms with Crippen LogP contribution in [-0.4, -0.2) is 50.3 Å². The van der Waals surface area contributed by atoms with E-state index in [0.29, 0.717) is 25.7 Å². The zero-order valence-corrected chi connectivity index (χ0v) is 24.6. The first kappa shape index (κ1) is 35.9. The molecule has 0 aromatic carbocycles. The van der Waals surface area contributed by atoms with E-state index in [1.165, 1.54) is 0 Å². The highest BCUT2D eigenvalue weighted by atomic mass is 16.6. The number of carbonyl (C=O) groups is 4. The molecule has 0 aliphatic carbocycles. The molecule has 0 fully saturated rings. The smallest absolute Gasteiger partial charge is 0.335 e. The second-order valence-electron chi connectivity index (χ2n) is 9.95. The Kier molecular flexibility index (Phi) is 22.6. The van der Waals surface area contributed by atoms with E-state index in [4.69, 9.17) is 18.9 Å². The van der Waals surface area contributed by atoms with Crippen LogP contribution in [0, 0.1) is 5.41 Å². The maximum atomic E-state index is 13.4. The van der Waals surface area contributed by atoms with Gasteiger partial charge >= 0.3 is 23.9 Å². The molecule has 0 aromatic rings. The number of hydrogen-bond donors (Lipinski definition) is 0. The van der Waals surface area contributed by atoms with Gasteiger partial charge in [0.15, 0.2) is 0 Å². The summed E-state index contributed by atoms with van der Waals surface area (Å²) in [5, 5.41) is 0. The van der Waals surface area contributed by atoms with Crippen LogP contribution < -0.4 is 0 Å². The van der Waals surface area contributed by atoms with Crippen molar-refractivity contribution in [3.8, 4) is 0 Å². The van der Waals surface area contributed by atoms with Gasteiger partial charge in [-0.05, 0) is 25.7 Å². The van der Waals surface area contributed by atoms with Crippen LogP contribution in [0.4, 0.5) is 0 Å². The Labute approximate surface area is 230 Å². The number of esters is 4. The molecule has 0 radical (unpaired) electrons. The summed E-state index contributed by atoms with van der Waals surface area (Å²) in [7, 11) is 0. The van der Waals surface area contributed by atoms with Gasteiger partial charge in [-0.25, -0.2) is 0 Å². The Balaban J connectivity index is 5.70. The second kappa shape index (κ2) is 24.0. The first-order chi connectivity index (χ1) is 18.4. The summed E-state index contributed by atoms with van der Waals surface area (Å²) in [6.45, 7) is 8.56. The maximum Gasteiger partial charge on any atom is 0.335 e. The van der Waals surface area contributed by atoms with E-state index in [9.17, 15) is 19.2 Å². The Bertz CT molecular complexity index is 582. The highest BCUT2D eigenvalue weighted by Crippen LogP contribution is 2.30. The average Bonchev–Trinajstić information content (AvgIpc) is 2.90. The third-order valence-corrected chi connectivity index (χ3v) is 6.41. The number of hydrogen-bond acceptors (Lipinski definition) is 8. The zero-order valence-electron chi connectivity index (χ0n) is 24.6. The average molecular weight is 543 g/mol. The molecule has 38 heavy (non-hydrogen) atoms. The largest absolute Gasteiger partial charge is 0.466 e. The number of carbonyl (C=O) groups excluding carboxylic acids is 4. The van der Waals surface area contributed by atoms with Crippen molar-refractivity contribution >= 4 is 23.9 Å². The quantitative estimate of drug-likeness (QED) is 0.0533. The lowest BCUT2D eigenvalue weighted by atomic mass is 9.84. The van der Waals surface area contributed by atoms with E-state index >= 15 is 0 Å². The van der Waals surface area contributed by atoms with Gasteiger partial charge in [-0.3, -0.25) is 19.2 Å². The molecule has 0 N–H and O–H groups in total. The summed E-state index contributed by atoms with van der Waals surface area (Å²) in [5.41, 5.74) is -2.53. The molecule has 0 heterocycles. The molecule has 0 unspecified atom stereocenters. The predicted octanol–water partition coefficient (Wildman–Crippen LogP) is 6.86. The normalized spacial score (nSPS) is 11.2. The minimum atomic E-state index is -2.53. The predicted molar refractivity (Wildman–Crippen MR) is 147 cm³/mol. The van der Waals surface area contributed by atoms with Crippen LogP contribution in [0.15, 0.2) is 0 Å². The van der Waals surface area contributed by atoms with Gasteiger partial charge in [-0.15, -0.1) is 0 Å². The van der Waals surface area contributed by atoms with Crippen molar-refractivity contribution in [2.24, 2.45) is 5.41 Å². The number of rotatable bonds is 25. The van der Waals surface area contributed by atoms with Crippen molar-refractivity contribution in [1.82, 2.24) is 0 Å². The topological polar surface area (TPSA) is 105 Å². The lowest BCUT2D eigenvalue weighted by molar-refractivity contribution is -0.188. The van der Waals surface area contributed by atoms with Gasteiger partial charge in [0, 0.05) is 0 Å². The van der Waals surface area contributed by atoms with Crippen molar-refractivity contribution in [2.45, 2.75) is 137 Å². The molecule has 0 spiro atoms. The van der Waals surface area contributed by atoms with Crippen LogP contribution in [0.25, 0.3) is 0 Å². The number of ether oxygens (including phenoxy) is 4. The lowest BCUT2D eigenvalue weighted by Crippen LogP contribution is -2.51. The summed E-state index contributed by atoms with van der Waals surface area (Å²) in [4.78, 5) is 52.9. The number of unbranched alkanes of at least 4 members (excludes halogenated alkanes) is 12. The third kappa shape index (κ3) is 15.3. The Morgan fingerprint density at radius 2 is 0.711 bits per heavy atom. The Morgan fingerprint density at radius 1 is 0.421 bits per heavy atom. The van der Waals surface area contributed by atoms with Gasteiger partial charge in [0.25, 0.3) is 5.41 Å². The molecule has 0 aliphatic rings. The fourth-order valence-corrected chi connectivity index (χ4v) is 3.90. The van der Waals surface area contributed by atoms with Crippen molar-refractivity contribution in [3.05, 3.63) is 0 Å². The van der Waals surface area contributed by atoms with Crippen molar-refractivity contribution in [2.75, 3.05) is 26.4 Å². The molecule has 0 aliphatic heterocycles. The first-order valence-corrected chi connectivity index (χ1v) is 15.1. The minimum Gasteiger partial charge on any atom is -0.466 e. The van der Waals surface area contributed by atoms with Crippen LogP contribution in [0.5, 0.6) is 0 Å². The highest BCUT2D eigenvalue weighted by Gasteiger charge is 2.59. The maximum absolute atomic E-state index is 13.4. The molecule has 222 valence electrons. The molecule has 0 atom stereocenters. The standard InChI is InChI=1S/C30H54O8/c1-5-9-13-17-21-35-26(31)25-30(27(32)36-22-18-14-10-6-2,28(33)37-23-19-15-11-7-3)29(34)38-24-20-16-12-8-4/h5-25H2,1-4H3. The fourth-order valence-electron chi connectivity index (χ4n) is 3.90. The summed E-state index contributed by atoms with van der Waals surface area (Å²) in [5.74, 6) is -4.13. The van der Waals surface area contributed by atoms with E-state index in [1.54, 1.807) is 0 Å². The van der Waals surface area contributed by atoms with E-state index in [2.05, 4.69) is 27.7 Å². The lowest BCUT2D eigenvalue weighted by Gasteiger charge is -2.27. The summed E-state index contributed by atoms with van der Waals surface area (Å²) < 4.78 is 21.5. The van der Waals surface area contributed by atoms with Crippen LogP contribution >= 0.6 is 0 Å².